The molecule has 3 aromatic rings. The molecule has 0 fully saturated rings. The summed E-state index contributed by atoms with van der Waals surface area (Å²) in [5, 5.41) is 3.69. The average Bonchev–Trinajstić information content (AvgIpc) is 3.08. The van der Waals surface area contributed by atoms with Crippen LogP contribution in [0.4, 0.5) is 11.4 Å². The first kappa shape index (κ1) is 17.2. The van der Waals surface area contributed by atoms with Gasteiger partial charge >= 0.3 is 0 Å². The minimum atomic E-state index is -0.429. The van der Waals surface area contributed by atoms with Gasteiger partial charge in [-0.25, -0.2) is 0 Å². The van der Waals surface area contributed by atoms with E-state index in [1.165, 1.54) is 0 Å². The van der Waals surface area contributed by atoms with E-state index >= 15 is 0 Å². The zero-order valence-electron chi connectivity index (χ0n) is 13.2. The smallest absolute Gasteiger partial charge is 0.291 e. The molecule has 25 heavy (non-hydrogen) atoms. The van der Waals surface area contributed by atoms with Crippen molar-refractivity contribution in [2.45, 2.75) is 0 Å². The molecular formula is C18H14Cl2N2O3. The molecule has 1 aromatic heterocycles. The van der Waals surface area contributed by atoms with Gasteiger partial charge in [-0.2, -0.15) is 0 Å². The molecule has 0 saturated carbocycles. The summed E-state index contributed by atoms with van der Waals surface area (Å²) in [7, 11) is 1.54. The van der Waals surface area contributed by atoms with Gasteiger partial charge in [0.05, 0.1) is 23.5 Å². The van der Waals surface area contributed by atoms with Crippen molar-refractivity contribution >= 4 is 40.5 Å². The van der Waals surface area contributed by atoms with Crippen molar-refractivity contribution in [3.63, 3.8) is 0 Å². The number of nitrogens with one attached hydrogen (secondary N) is 1. The Morgan fingerprint density at radius 1 is 1.12 bits per heavy atom. The summed E-state index contributed by atoms with van der Waals surface area (Å²) in [6, 6.07) is 13.2. The molecule has 128 valence electrons. The Labute approximate surface area is 154 Å². The first-order valence-electron chi connectivity index (χ1n) is 7.28. The fourth-order valence-corrected chi connectivity index (χ4v) is 2.64. The molecule has 0 aliphatic rings. The van der Waals surface area contributed by atoms with Crippen LogP contribution in [0.15, 0.2) is 52.9 Å². The summed E-state index contributed by atoms with van der Waals surface area (Å²) < 4.78 is 10.7. The average molecular weight is 377 g/mol. The van der Waals surface area contributed by atoms with E-state index in [9.17, 15) is 4.79 Å². The highest BCUT2D eigenvalue weighted by atomic mass is 35.5. The van der Waals surface area contributed by atoms with E-state index in [-0.39, 0.29) is 5.76 Å². The third-order valence-corrected chi connectivity index (χ3v) is 4.10. The van der Waals surface area contributed by atoms with Crippen molar-refractivity contribution in [3.8, 4) is 17.1 Å². The van der Waals surface area contributed by atoms with Crippen molar-refractivity contribution in [1.29, 1.82) is 0 Å². The van der Waals surface area contributed by atoms with Crippen LogP contribution in [0.2, 0.25) is 10.0 Å². The standard InChI is InChI=1S/C18H14Cl2N2O3/c1-24-11-3-5-15(14(21)9-11)22-18(23)17-7-6-16(25-17)12-8-10(19)2-4-13(12)20/h2-9H,21H2,1H3,(H,22,23). The zero-order valence-corrected chi connectivity index (χ0v) is 14.7. The van der Waals surface area contributed by atoms with Crippen LogP contribution in [0.1, 0.15) is 10.6 Å². The van der Waals surface area contributed by atoms with Crippen LogP contribution in [0, 0.1) is 0 Å². The third kappa shape index (κ3) is 3.73. The van der Waals surface area contributed by atoms with Gasteiger partial charge in [0.15, 0.2) is 5.76 Å². The molecule has 0 atom stereocenters. The number of nitrogen functional groups attached to an aromatic ring is 1. The van der Waals surface area contributed by atoms with Gasteiger partial charge in [0.1, 0.15) is 11.5 Å². The van der Waals surface area contributed by atoms with Crippen LogP contribution in [-0.2, 0) is 0 Å². The van der Waals surface area contributed by atoms with E-state index in [4.69, 9.17) is 38.1 Å². The van der Waals surface area contributed by atoms with Gasteiger partial charge < -0.3 is 20.2 Å². The predicted molar refractivity (Wildman–Crippen MR) is 99.5 cm³/mol. The summed E-state index contributed by atoms with van der Waals surface area (Å²) in [6.07, 6.45) is 0. The van der Waals surface area contributed by atoms with E-state index in [0.717, 1.165) is 0 Å². The summed E-state index contributed by atoms with van der Waals surface area (Å²) in [5.41, 5.74) is 7.36. The van der Waals surface area contributed by atoms with Crippen LogP contribution in [0.5, 0.6) is 5.75 Å². The number of carbonyl (C=O) groups excluding carboxylic acids is 1. The second-order valence-electron chi connectivity index (χ2n) is 5.20. The van der Waals surface area contributed by atoms with E-state index in [2.05, 4.69) is 5.32 Å². The Morgan fingerprint density at radius 3 is 2.64 bits per heavy atom. The quantitative estimate of drug-likeness (QED) is 0.621. The highest BCUT2D eigenvalue weighted by Crippen LogP contribution is 2.32. The van der Waals surface area contributed by atoms with Gasteiger partial charge in [0.2, 0.25) is 0 Å². The molecule has 0 saturated heterocycles. The molecule has 3 N–H and O–H groups in total. The Morgan fingerprint density at radius 2 is 1.92 bits per heavy atom. The van der Waals surface area contributed by atoms with Crippen LogP contribution in [-0.4, -0.2) is 13.0 Å². The summed E-state index contributed by atoms with van der Waals surface area (Å²) in [4.78, 5) is 12.4. The molecule has 0 spiro atoms. The minimum Gasteiger partial charge on any atom is -0.497 e. The van der Waals surface area contributed by atoms with Gasteiger partial charge in [-0.05, 0) is 42.5 Å². The molecule has 5 nitrogen and oxygen atoms in total. The fourth-order valence-electron chi connectivity index (χ4n) is 2.26. The molecule has 0 aliphatic heterocycles. The zero-order chi connectivity index (χ0) is 18.0. The maximum Gasteiger partial charge on any atom is 0.291 e. The first-order chi connectivity index (χ1) is 12.0. The fraction of sp³-hybridized carbons (Fsp3) is 0.0556. The molecule has 1 heterocycles. The van der Waals surface area contributed by atoms with Crippen molar-refractivity contribution in [1.82, 2.24) is 0 Å². The molecule has 0 bridgehead atoms. The highest BCUT2D eigenvalue weighted by molar-refractivity contribution is 6.35. The summed E-state index contributed by atoms with van der Waals surface area (Å²) in [6.45, 7) is 0. The number of hydrogen-bond acceptors (Lipinski definition) is 4. The second-order valence-corrected chi connectivity index (χ2v) is 6.04. The second kappa shape index (κ2) is 7.09. The number of carbonyl (C=O) groups is 1. The van der Waals surface area contributed by atoms with E-state index in [1.54, 1.807) is 55.6 Å². The predicted octanol–water partition coefficient (Wildman–Crippen LogP) is 5.10. The van der Waals surface area contributed by atoms with Gasteiger partial charge in [0, 0.05) is 16.7 Å². The molecular weight excluding hydrogens is 363 g/mol. The molecule has 0 aliphatic carbocycles. The van der Waals surface area contributed by atoms with Gasteiger partial charge in [-0.1, -0.05) is 23.2 Å². The number of benzene rings is 2. The van der Waals surface area contributed by atoms with Crippen molar-refractivity contribution in [2.24, 2.45) is 0 Å². The molecule has 2 aromatic carbocycles. The van der Waals surface area contributed by atoms with E-state index in [0.29, 0.717) is 38.5 Å². The lowest BCUT2D eigenvalue weighted by Gasteiger charge is -2.08. The number of furan rings is 1. The van der Waals surface area contributed by atoms with Crippen LogP contribution in [0.3, 0.4) is 0 Å². The van der Waals surface area contributed by atoms with E-state index in [1.807, 2.05) is 0 Å². The minimum absolute atomic E-state index is 0.126. The number of amides is 1. The van der Waals surface area contributed by atoms with Crippen LogP contribution >= 0.6 is 23.2 Å². The Kier molecular flexibility index (Phi) is 4.88. The van der Waals surface area contributed by atoms with Crippen molar-refractivity contribution < 1.29 is 13.9 Å². The van der Waals surface area contributed by atoms with Crippen LogP contribution < -0.4 is 15.8 Å². The first-order valence-corrected chi connectivity index (χ1v) is 8.03. The lowest BCUT2D eigenvalue weighted by molar-refractivity contribution is 0.0997. The topological polar surface area (TPSA) is 77.5 Å². The van der Waals surface area contributed by atoms with Crippen molar-refractivity contribution in [2.75, 3.05) is 18.2 Å². The van der Waals surface area contributed by atoms with Gasteiger partial charge in [-0.15, -0.1) is 0 Å². The van der Waals surface area contributed by atoms with E-state index < -0.39 is 5.91 Å². The number of nitrogens with two attached hydrogens (primary N) is 1. The number of rotatable bonds is 4. The maximum absolute atomic E-state index is 12.4. The Hall–Kier alpha value is -2.63. The normalized spacial score (nSPS) is 10.5. The number of hydrogen-bond donors (Lipinski definition) is 2. The SMILES string of the molecule is COc1ccc(NC(=O)c2ccc(-c3cc(Cl)ccc3Cl)o2)c(N)c1. The van der Waals surface area contributed by atoms with Gasteiger partial charge in [-0.3, -0.25) is 4.79 Å². The molecule has 1 amide bonds. The third-order valence-electron chi connectivity index (χ3n) is 3.53. The monoisotopic (exact) mass is 376 g/mol. The lowest BCUT2D eigenvalue weighted by atomic mass is 10.2. The lowest BCUT2D eigenvalue weighted by Crippen LogP contribution is -2.12. The maximum atomic E-state index is 12.4. The van der Waals surface area contributed by atoms with Crippen molar-refractivity contribution in [3.05, 3.63) is 64.3 Å². The highest BCUT2D eigenvalue weighted by Gasteiger charge is 2.15. The molecule has 7 heteroatoms. The number of methoxy groups -OCH3 is 1. The number of anilines is 2. The molecule has 0 radical (unpaired) electrons. The molecule has 0 unspecified atom stereocenters. The number of halogens is 2. The van der Waals surface area contributed by atoms with Gasteiger partial charge in [0.25, 0.3) is 5.91 Å². The van der Waals surface area contributed by atoms with Crippen LogP contribution in [0.25, 0.3) is 11.3 Å². The number of ether oxygens (including phenoxy) is 1. The molecule has 3 rings (SSSR count). The summed E-state index contributed by atoms with van der Waals surface area (Å²) >= 11 is 12.1. The Balaban J connectivity index is 1.82. The largest absolute Gasteiger partial charge is 0.497 e. The summed E-state index contributed by atoms with van der Waals surface area (Å²) in [5.74, 6) is 0.745. The Bertz CT molecular complexity index is 938.